The molecule has 0 saturated carbocycles. The Bertz CT molecular complexity index is 1530. The lowest BCUT2D eigenvalue weighted by molar-refractivity contribution is 0.102. The lowest BCUT2D eigenvalue weighted by Crippen LogP contribution is -2.15. The fourth-order valence-corrected chi connectivity index (χ4v) is 3.92. The highest BCUT2D eigenvalue weighted by Crippen LogP contribution is 2.29. The average Bonchev–Trinajstić information content (AvgIpc) is 3.24. The van der Waals surface area contributed by atoms with Gasteiger partial charge in [-0.25, -0.2) is 4.98 Å². The van der Waals surface area contributed by atoms with E-state index in [1.54, 1.807) is 30.0 Å². The maximum Gasteiger partial charge on any atom is 0.256 e. The molecule has 174 valence electrons. The number of nitrogens with zero attached hydrogens (tertiary/aromatic N) is 3. The van der Waals surface area contributed by atoms with Crippen molar-refractivity contribution in [3.63, 3.8) is 0 Å². The van der Waals surface area contributed by atoms with Gasteiger partial charge in [0.1, 0.15) is 28.6 Å². The third-order valence-corrected chi connectivity index (χ3v) is 5.58. The molecular formula is C28H24N4O3. The molecular weight excluding hydrogens is 440 g/mol. The Morgan fingerprint density at radius 1 is 0.886 bits per heavy atom. The maximum atomic E-state index is 13.1. The van der Waals surface area contributed by atoms with Gasteiger partial charge in [-0.2, -0.15) is 9.78 Å². The fraction of sp³-hybridized carbons (Fsp3) is 0.107. The number of carbonyl (C=O) groups excluding carboxylic acids is 1. The van der Waals surface area contributed by atoms with Crippen LogP contribution in [-0.4, -0.2) is 27.8 Å². The van der Waals surface area contributed by atoms with Crippen molar-refractivity contribution in [3.05, 3.63) is 102 Å². The lowest BCUT2D eigenvalue weighted by atomic mass is 10.1. The number of carbonyl (C=O) groups is 1. The topological polar surface area (TPSA) is 78.3 Å². The summed E-state index contributed by atoms with van der Waals surface area (Å²) in [5.41, 5.74) is 2.98. The molecule has 3 aromatic carbocycles. The normalized spacial score (nSPS) is 10.8. The van der Waals surface area contributed by atoms with Crippen LogP contribution in [0.4, 0.5) is 5.82 Å². The Kier molecular flexibility index (Phi) is 5.89. The third kappa shape index (κ3) is 4.56. The first-order valence-electron chi connectivity index (χ1n) is 11.2. The van der Waals surface area contributed by atoms with Crippen LogP contribution in [0.15, 0.2) is 84.9 Å². The number of amides is 1. The van der Waals surface area contributed by atoms with E-state index in [0.29, 0.717) is 34.4 Å². The SMILES string of the molecule is COc1cccc2c(C)cc(-n3nc(C)cc3NC(=O)c3cccc(Oc4ccccc4)c3)nc12. The summed E-state index contributed by atoms with van der Waals surface area (Å²) in [7, 11) is 1.62. The fourth-order valence-electron chi connectivity index (χ4n) is 3.92. The minimum Gasteiger partial charge on any atom is -0.494 e. The number of methoxy groups -OCH3 is 1. The molecule has 2 heterocycles. The Balaban J connectivity index is 1.46. The summed E-state index contributed by atoms with van der Waals surface area (Å²) in [5.74, 6) is 2.78. The third-order valence-electron chi connectivity index (χ3n) is 5.58. The number of anilines is 1. The van der Waals surface area contributed by atoms with Gasteiger partial charge in [-0.05, 0) is 61.9 Å². The number of fused-ring (bicyclic) bond motifs is 1. The summed E-state index contributed by atoms with van der Waals surface area (Å²) in [6.45, 7) is 3.88. The number of nitrogens with one attached hydrogen (secondary N) is 1. The summed E-state index contributed by atoms with van der Waals surface area (Å²) in [6.07, 6.45) is 0. The molecule has 0 fully saturated rings. The summed E-state index contributed by atoms with van der Waals surface area (Å²) in [6, 6.07) is 26.1. The second kappa shape index (κ2) is 9.30. The number of ether oxygens (including phenoxy) is 2. The number of para-hydroxylation sites is 2. The van der Waals surface area contributed by atoms with Gasteiger partial charge in [0.05, 0.1) is 12.8 Å². The molecule has 0 aliphatic heterocycles. The van der Waals surface area contributed by atoms with Gasteiger partial charge in [0, 0.05) is 17.0 Å². The van der Waals surface area contributed by atoms with Crippen molar-refractivity contribution in [1.82, 2.24) is 14.8 Å². The predicted octanol–water partition coefficient (Wildman–Crippen LogP) is 6.09. The lowest BCUT2D eigenvalue weighted by Gasteiger charge is -2.12. The highest BCUT2D eigenvalue weighted by molar-refractivity contribution is 6.04. The summed E-state index contributed by atoms with van der Waals surface area (Å²) >= 11 is 0. The first-order valence-corrected chi connectivity index (χ1v) is 11.2. The second-order valence-electron chi connectivity index (χ2n) is 8.13. The molecule has 0 radical (unpaired) electrons. The smallest absolute Gasteiger partial charge is 0.256 e. The molecule has 35 heavy (non-hydrogen) atoms. The van der Waals surface area contributed by atoms with Gasteiger partial charge in [-0.15, -0.1) is 0 Å². The molecule has 7 heteroatoms. The monoisotopic (exact) mass is 464 g/mol. The molecule has 0 bridgehead atoms. The van der Waals surface area contributed by atoms with Crippen LogP contribution >= 0.6 is 0 Å². The number of aromatic nitrogens is 3. The number of hydrogen-bond acceptors (Lipinski definition) is 5. The van der Waals surface area contributed by atoms with E-state index in [1.165, 1.54) is 0 Å². The minimum absolute atomic E-state index is 0.278. The van der Waals surface area contributed by atoms with Crippen LogP contribution in [0.5, 0.6) is 17.2 Å². The second-order valence-corrected chi connectivity index (χ2v) is 8.13. The zero-order valence-corrected chi connectivity index (χ0v) is 19.6. The number of aryl methyl sites for hydroxylation is 2. The molecule has 0 unspecified atom stereocenters. The molecule has 0 aliphatic rings. The van der Waals surface area contributed by atoms with E-state index >= 15 is 0 Å². The highest BCUT2D eigenvalue weighted by atomic mass is 16.5. The minimum atomic E-state index is -0.278. The van der Waals surface area contributed by atoms with Gasteiger partial charge < -0.3 is 14.8 Å². The average molecular weight is 465 g/mol. The van der Waals surface area contributed by atoms with Crippen molar-refractivity contribution < 1.29 is 14.3 Å². The quantitative estimate of drug-likeness (QED) is 0.329. The molecule has 0 atom stereocenters. The van der Waals surface area contributed by atoms with Gasteiger partial charge in [0.15, 0.2) is 5.82 Å². The zero-order valence-electron chi connectivity index (χ0n) is 19.6. The molecule has 0 saturated heterocycles. The first kappa shape index (κ1) is 22.2. The Hall–Kier alpha value is -4.65. The molecule has 1 amide bonds. The van der Waals surface area contributed by atoms with Crippen molar-refractivity contribution in [3.8, 4) is 23.1 Å². The largest absolute Gasteiger partial charge is 0.494 e. The summed E-state index contributed by atoms with van der Waals surface area (Å²) in [4.78, 5) is 17.9. The standard InChI is InChI=1S/C28H24N4O3/c1-18-15-25(29-27-23(18)13-8-14-24(27)34-3)32-26(16-19(2)31-32)30-28(33)20-9-7-12-22(17-20)35-21-10-5-4-6-11-21/h4-17H,1-3H3,(H,30,33). The van der Waals surface area contributed by atoms with E-state index in [1.807, 2.05) is 80.6 Å². The molecule has 0 aliphatic carbocycles. The van der Waals surface area contributed by atoms with E-state index < -0.39 is 0 Å². The van der Waals surface area contributed by atoms with Crippen molar-refractivity contribution in [2.24, 2.45) is 0 Å². The van der Waals surface area contributed by atoms with Gasteiger partial charge >= 0.3 is 0 Å². The number of benzene rings is 3. The van der Waals surface area contributed by atoms with Gasteiger partial charge in [0.25, 0.3) is 5.91 Å². The van der Waals surface area contributed by atoms with Crippen LogP contribution in [0.25, 0.3) is 16.7 Å². The maximum absolute atomic E-state index is 13.1. The number of rotatable bonds is 6. The summed E-state index contributed by atoms with van der Waals surface area (Å²) < 4.78 is 13.0. The summed E-state index contributed by atoms with van der Waals surface area (Å²) in [5, 5.41) is 8.54. The van der Waals surface area contributed by atoms with Crippen LogP contribution in [0.3, 0.4) is 0 Å². The van der Waals surface area contributed by atoms with Crippen molar-refractivity contribution >= 4 is 22.6 Å². The van der Waals surface area contributed by atoms with Crippen molar-refractivity contribution in [2.75, 3.05) is 12.4 Å². The Morgan fingerprint density at radius 3 is 2.46 bits per heavy atom. The van der Waals surface area contributed by atoms with E-state index in [-0.39, 0.29) is 5.91 Å². The zero-order chi connectivity index (χ0) is 24.4. The van der Waals surface area contributed by atoms with Crippen molar-refractivity contribution in [1.29, 1.82) is 0 Å². The van der Waals surface area contributed by atoms with E-state index in [2.05, 4.69) is 10.4 Å². The van der Waals surface area contributed by atoms with Gasteiger partial charge in [-0.3, -0.25) is 4.79 Å². The molecule has 5 aromatic rings. The predicted molar refractivity (Wildman–Crippen MR) is 136 cm³/mol. The molecule has 0 spiro atoms. The van der Waals surface area contributed by atoms with E-state index in [9.17, 15) is 4.79 Å². The van der Waals surface area contributed by atoms with E-state index in [0.717, 1.165) is 22.2 Å². The first-order chi connectivity index (χ1) is 17.0. The van der Waals surface area contributed by atoms with Crippen LogP contribution in [0.2, 0.25) is 0 Å². The van der Waals surface area contributed by atoms with Crippen LogP contribution in [0, 0.1) is 13.8 Å². The number of hydrogen-bond donors (Lipinski definition) is 1. The number of pyridine rings is 1. The van der Waals surface area contributed by atoms with Gasteiger partial charge in [0.2, 0.25) is 0 Å². The van der Waals surface area contributed by atoms with Crippen LogP contribution in [0.1, 0.15) is 21.6 Å². The van der Waals surface area contributed by atoms with Crippen LogP contribution < -0.4 is 14.8 Å². The van der Waals surface area contributed by atoms with E-state index in [4.69, 9.17) is 14.5 Å². The van der Waals surface area contributed by atoms with Crippen molar-refractivity contribution in [2.45, 2.75) is 13.8 Å². The molecule has 1 N–H and O–H groups in total. The molecule has 2 aromatic heterocycles. The molecule has 5 rings (SSSR count). The van der Waals surface area contributed by atoms with Crippen LogP contribution in [-0.2, 0) is 0 Å². The Morgan fingerprint density at radius 2 is 1.66 bits per heavy atom. The molecule has 7 nitrogen and oxygen atoms in total. The van der Waals surface area contributed by atoms with Gasteiger partial charge in [-0.1, -0.05) is 36.4 Å². The highest BCUT2D eigenvalue weighted by Gasteiger charge is 2.16. The Labute approximate surface area is 203 Å².